The topological polar surface area (TPSA) is 55.7 Å². The van der Waals surface area contributed by atoms with E-state index in [0.717, 1.165) is 27.4 Å². The molecular weight excluding hydrogens is 278 g/mol. The summed E-state index contributed by atoms with van der Waals surface area (Å²) >= 11 is 2.69. The maximum absolute atomic E-state index is 11.2. The number of aromatic nitrogens is 3. The molecule has 6 heteroatoms. The number of benzene rings is 1. The van der Waals surface area contributed by atoms with Gasteiger partial charge in [0.25, 0.3) is 0 Å². The van der Waals surface area contributed by atoms with Gasteiger partial charge in [-0.15, -0.1) is 0 Å². The third-order valence-corrected chi connectivity index (χ3v) is 4.40. The van der Waals surface area contributed by atoms with Crippen LogP contribution in [0.15, 0.2) is 39.7 Å². The lowest BCUT2D eigenvalue weighted by Crippen LogP contribution is -1.91. The molecule has 0 saturated carbocycles. The molecule has 0 aliphatic carbocycles. The molecule has 0 unspecified atom stereocenters. The fraction of sp³-hybridized carbons (Fsp3) is 0.0769. The second-order valence-electron chi connectivity index (χ2n) is 3.90. The first-order valence-electron chi connectivity index (χ1n) is 5.59. The average molecular weight is 287 g/mol. The number of rotatable bonds is 3. The van der Waals surface area contributed by atoms with Gasteiger partial charge in [-0.2, -0.15) is 4.37 Å². The van der Waals surface area contributed by atoms with E-state index in [0.29, 0.717) is 10.6 Å². The fourth-order valence-electron chi connectivity index (χ4n) is 1.68. The molecule has 1 aromatic carbocycles. The van der Waals surface area contributed by atoms with Gasteiger partial charge >= 0.3 is 0 Å². The largest absolute Gasteiger partial charge is 0.298 e. The minimum absolute atomic E-state index is 0.580. The van der Waals surface area contributed by atoms with Crippen molar-refractivity contribution in [1.82, 2.24) is 14.3 Å². The second-order valence-corrected chi connectivity index (χ2v) is 5.89. The minimum atomic E-state index is 0.580. The summed E-state index contributed by atoms with van der Waals surface area (Å²) < 4.78 is 4.92. The number of aryl methyl sites for hydroxylation is 1. The first-order valence-corrected chi connectivity index (χ1v) is 7.18. The number of para-hydroxylation sites is 1. The maximum Gasteiger partial charge on any atom is 0.176 e. The third-order valence-electron chi connectivity index (χ3n) is 2.54. The van der Waals surface area contributed by atoms with Crippen molar-refractivity contribution in [3.05, 3.63) is 41.7 Å². The lowest BCUT2D eigenvalue weighted by Gasteiger charge is -2.03. The molecule has 94 valence electrons. The molecular formula is C13H9N3OS2. The Kier molecular flexibility index (Phi) is 3.27. The number of nitrogens with zero attached hydrogens (tertiary/aromatic N) is 3. The number of hydrogen-bond acceptors (Lipinski definition) is 6. The first kappa shape index (κ1) is 12.3. The zero-order valence-corrected chi connectivity index (χ0v) is 11.7. The van der Waals surface area contributed by atoms with Crippen LogP contribution in [-0.2, 0) is 0 Å². The predicted molar refractivity (Wildman–Crippen MR) is 75.9 cm³/mol. The van der Waals surface area contributed by atoms with E-state index in [2.05, 4.69) is 14.3 Å². The molecule has 3 aromatic rings. The van der Waals surface area contributed by atoms with Crippen LogP contribution in [0.5, 0.6) is 0 Å². The van der Waals surface area contributed by atoms with Crippen LogP contribution in [0.1, 0.15) is 16.2 Å². The SMILES string of the molecule is Cc1nsc(Sc2nc3ccccc3cc2C=O)n1. The van der Waals surface area contributed by atoms with Crippen molar-refractivity contribution < 1.29 is 4.79 Å². The molecule has 0 radical (unpaired) electrons. The average Bonchev–Trinajstić information content (AvgIpc) is 2.83. The molecule has 0 bridgehead atoms. The van der Waals surface area contributed by atoms with Crippen molar-refractivity contribution in [2.75, 3.05) is 0 Å². The Balaban J connectivity index is 2.08. The number of fused-ring (bicyclic) bond motifs is 1. The number of carbonyl (C=O) groups excluding carboxylic acids is 1. The molecule has 0 spiro atoms. The molecule has 0 N–H and O–H groups in total. The molecule has 0 amide bonds. The Bertz CT molecular complexity index is 754. The van der Waals surface area contributed by atoms with Crippen molar-refractivity contribution in [2.24, 2.45) is 0 Å². The van der Waals surface area contributed by atoms with Crippen molar-refractivity contribution in [3.8, 4) is 0 Å². The quantitative estimate of drug-likeness (QED) is 0.691. The zero-order valence-electron chi connectivity index (χ0n) is 10.0. The third kappa shape index (κ3) is 2.50. The molecule has 0 aliphatic heterocycles. The number of aldehydes is 1. The second kappa shape index (κ2) is 5.07. The van der Waals surface area contributed by atoms with Crippen LogP contribution in [0.4, 0.5) is 0 Å². The summed E-state index contributed by atoms with van der Waals surface area (Å²) in [5.41, 5.74) is 1.45. The molecule has 0 atom stereocenters. The van der Waals surface area contributed by atoms with Crippen LogP contribution in [0.25, 0.3) is 10.9 Å². The van der Waals surface area contributed by atoms with Crippen LogP contribution >= 0.6 is 23.3 Å². The van der Waals surface area contributed by atoms with E-state index in [9.17, 15) is 4.79 Å². The summed E-state index contributed by atoms with van der Waals surface area (Å²) in [7, 11) is 0. The summed E-state index contributed by atoms with van der Waals surface area (Å²) in [6, 6.07) is 9.59. The molecule has 0 saturated heterocycles. The summed E-state index contributed by atoms with van der Waals surface area (Å²) in [5, 5.41) is 1.63. The smallest absolute Gasteiger partial charge is 0.176 e. The van der Waals surface area contributed by atoms with Gasteiger partial charge in [0.2, 0.25) is 0 Å². The van der Waals surface area contributed by atoms with Gasteiger partial charge in [-0.25, -0.2) is 9.97 Å². The Morgan fingerprint density at radius 1 is 1.26 bits per heavy atom. The van der Waals surface area contributed by atoms with Crippen LogP contribution < -0.4 is 0 Å². The summed E-state index contributed by atoms with van der Waals surface area (Å²) in [6.45, 7) is 1.84. The Morgan fingerprint density at radius 2 is 2.11 bits per heavy atom. The van der Waals surface area contributed by atoms with Crippen LogP contribution in [0, 0.1) is 6.92 Å². The Morgan fingerprint density at radius 3 is 2.84 bits per heavy atom. The molecule has 19 heavy (non-hydrogen) atoms. The molecule has 3 rings (SSSR count). The van der Waals surface area contributed by atoms with E-state index in [1.54, 1.807) is 0 Å². The van der Waals surface area contributed by atoms with Crippen molar-refractivity contribution in [1.29, 1.82) is 0 Å². The summed E-state index contributed by atoms with van der Waals surface area (Å²) in [6.07, 6.45) is 0.829. The fourth-order valence-corrected chi connectivity index (χ4v) is 3.32. The van der Waals surface area contributed by atoms with E-state index in [-0.39, 0.29) is 0 Å². The Hall–Kier alpha value is -1.79. The van der Waals surface area contributed by atoms with Gasteiger partial charge < -0.3 is 0 Å². The highest BCUT2D eigenvalue weighted by atomic mass is 32.2. The van der Waals surface area contributed by atoms with Gasteiger partial charge in [-0.3, -0.25) is 4.79 Å². The van der Waals surface area contributed by atoms with E-state index in [1.165, 1.54) is 23.3 Å². The molecule has 0 fully saturated rings. The maximum atomic E-state index is 11.2. The van der Waals surface area contributed by atoms with Gasteiger partial charge in [-0.1, -0.05) is 18.2 Å². The number of pyridine rings is 1. The molecule has 2 heterocycles. The van der Waals surface area contributed by atoms with Gasteiger partial charge in [0, 0.05) is 10.9 Å². The lowest BCUT2D eigenvalue weighted by atomic mass is 10.2. The first-order chi connectivity index (χ1) is 9.26. The zero-order chi connectivity index (χ0) is 13.2. The van der Waals surface area contributed by atoms with Crippen LogP contribution in [0.3, 0.4) is 0 Å². The van der Waals surface area contributed by atoms with E-state index >= 15 is 0 Å². The predicted octanol–water partition coefficient (Wildman–Crippen LogP) is 3.36. The van der Waals surface area contributed by atoms with E-state index in [1.807, 2.05) is 37.3 Å². The molecule has 0 aliphatic rings. The summed E-state index contributed by atoms with van der Waals surface area (Å²) in [5.74, 6) is 0.737. The van der Waals surface area contributed by atoms with Crippen molar-refractivity contribution in [3.63, 3.8) is 0 Å². The molecule has 4 nitrogen and oxygen atoms in total. The van der Waals surface area contributed by atoms with Crippen molar-refractivity contribution >= 4 is 40.5 Å². The molecule has 2 aromatic heterocycles. The van der Waals surface area contributed by atoms with Gasteiger partial charge in [0.15, 0.2) is 10.6 Å². The van der Waals surface area contributed by atoms with E-state index in [4.69, 9.17) is 0 Å². The summed E-state index contributed by atoms with van der Waals surface area (Å²) in [4.78, 5) is 20.0. The van der Waals surface area contributed by atoms with Gasteiger partial charge in [0.05, 0.1) is 5.52 Å². The van der Waals surface area contributed by atoms with E-state index < -0.39 is 0 Å². The number of carbonyl (C=O) groups is 1. The minimum Gasteiger partial charge on any atom is -0.298 e. The van der Waals surface area contributed by atoms with Crippen LogP contribution in [0.2, 0.25) is 0 Å². The Labute approximate surface area is 118 Å². The van der Waals surface area contributed by atoms with Crippen LogP contribution in [-0.4, -0.2) is 20.6 Å². The highest BCUT2D eigenvalue weighted by Crippen LogP contribution is 2.31. The highest BCUT2D eigenvalue weighted by Gasteiger charge is 2.10. The van der Waals surface area contributed by atoms with Gasteiger partial charge in [-0.05, 0) is 42.4 Å². The van der Waals surface area contributed by atoms with Crippen molar-refractivity contribution in [2.45, 2.75) is 16.3 Å². The normalized spacial score (nSPS) is 10.8. The lowest BCUT2D eigenvalue weighted by molar-refractivity contribution is 0.112. The standard InChI is InChI=1S/C13H9N3OS2/c1-8-14-13(19-16-8)18-12-10(7-17)6-9-4-2-3-5-11(9)15-12/h2-7H,1H3. The number of hydrogen-bond donors (Lipinski definition) is 0. The highest BCUT2D eigenvalue weighted by molar-refractivity contribution is 8.01. The van der Waals surface area contributed by atoms with Gasteiger partial charge in [0.1, 0.15) is 10.9 Å². The monoisotopic (exact) mass is 287 g/mol.